The van der Waals surface area contributed by atoms with Crippen LogP contribution in [0.2, 0.25) is 10.0 Å². The molecule has 4 N–H and O–H groups in total. The number of aromatic amines is 2. The van der Waals surface area contributed by atoms with Crippen molar-refractivity contribution in [2.45, 2.75) is 102 Å². The summed E-state index contributed by atoms with van der Waals surface area (Å²) in [4.78, 5) is 94.9. The van der Waals surface area contributed by atoms with Crippen molar-refractivity contribution in [3.05, 3.63) is 123 Å². The Kier molecular flexibility index (Phi) is 17.2. The summed E-state index contributed by atoms with van der Waals surface area (Å²) in [5.74, 6) is -2.16. The van der Waals surface area contributed by atoms with E-state index in [9.17, 15) is 52.6 Å². The Labute approximate surface area is 415 Å². The van der Waals surface area contributed by atoms with Gasteiger partial charge in [-0.2, -0.15) is 0 Å². The first-order valence-electron chi connectivity index (χ1n) is 21.6. The highest BCUT2D eigenvalue weighted by atomic mass is 35.5. The standard InChI is InChI=1S/C21H22ClN2O11P.C17H18ClN2O8P.C4H4O3/c1-11-8-24(21(29)23-20(11)28)17-7-15(34-19(27)5-4-18(25)26)16(33-17)10-32-36(30)31-9-12-6-13(22)2-3-14(12)35-36;1-9-6-20(17(23)19-16(9)22)15-5-12(21)14(27-15)8-26-29(24)25-7-10-4-11(18)2-3-13(10)28-29;5-3-1-2-4(6)7-3/h2-3,6,8,15-17H,4-5,7,9-10H2,1H3,(H,25,26)(H,23,28,29);2-4,6,12,14-15,21H,5,7-8H2,1H3,(H,19,22,23);1-2H2/t15-,16-,17-,36?;12-,14-,15-,29?;/m11./s1. The van der Waals surface area contributed by atoms with Crippen molar-refractivity contribution in [3.63, 3.8) is 0 Å². The van der Waals surface area contributed by atoms with Gasteiger partial charge in [0.15, 0.2) is 0 Å². The van der Waals surface area contributed by atoms with E-state index in [1.54, 1.807) is 37.3 Å². The van der Waals surface area contributed by atoms with E-state index < -0.39 is 112 Å². The van der Waals surface area contributed by atoms with Gasteiger partial charge in [0, 0.05) is 57.5 Å². The summed E-state index contributed by atoms with van der Waals surface area (Å²) in [5, 5.41) is 20.0. The second-order valence-electron chi connectivity index (χ2n) is 16.2. The predicted octanol–water partition coefficient (Wildman–Crippen LogP) is 4.03. The molecule has 388 valence electrons. The fourth-order valence-corrected chi connectivity index (χ4v) is 10.0. The Balaban J connectivity index is 0.000000189. The van der Waals surface area contributed by atoms with Crippen LogP contribution in [0.1, 0.15) is 73.2 Å². The van der Waals surface area contributed by atoms with Crippen molar-refractivity contribution in [2.24, 2.45) is 0 Å². The summed E-state index contributed by atoms with van der Waals surface area (Å²) in [6.45, 7) is 2.27. The highest BCUT2D eigenvalue weighted by molar-refractivity contribution is 7.49. The number of hydrogen-bond donors (Lipinski definition) is 4. The van der Waals surface area contributed by atoms with Gasteiger partial charge in [0.25, 0.3) is 11.1 Å². The molecule has 30 heteroatoms. The van der Waals surface area contributed by atoms with E-state index in [0.29, 0.717) is 32.5 Å². The summed E-state index contributed by atoms with van der Waals surface area (Å²) in [7, 11) is -7.98. The maximum atomic E-state index is 13.0. The highest BCUT2D eigenvalue weighted by Gasteiger charge is 2.44. The normalized spacial score (nSPS) is 26.1. The molecule has 0 amide bonds. The van der Waals surface area contributed by atoms with E-state index in [-0.39, 0.29) is 63.2 Å². The third-order valence-electron chi connectivity index (χ3n) is 10.9. The van der Waals surface area contributed by atoms with Crippen LogP contribution >= 0.6 is 38.8 Å². The lowest BCUT2D eigenvalue weighted by molar-refractivity contribution is -0.155. The third kappa shape index (κ3) is 13.8. The zero-order chi connectivity index (χ0) is 52.1. The fraction of sp³-hybridized carbons (Fsp3) is 0.429. The number of aromatic nitrogens is 4. The van der Waals surface area contributed by atoms with Gasteiger partial charge in [0.2, 0.25) is 0 Å². The van der Waals surface area contributed by atoms with Gasteiger partial charge in [-0.25, -0.2) is 18.7 Å². The summed E-state index contributed by atoms with van der Waals surface area (Å²) in [6.07, 6.45) is -3.20. The number of aliphatic carboxylic acids is 1. The maximum Gasteiger partial charge on any atom is 0.530 e. The molecule has 9 rings (SSSR count). The molecular weight excluding hydrogens is 1050 g/mol. The fourth-order valence-electron chi connectivity index (χ4n) is 7.20. The number of carbonyl (C=O) groups is 4. The van der Waals surface area contributed by atoms with Gasteiger partial charge in [-0.15, -0.1) is 0 Å². The maximum absolute atomic E-state index is 13.0. The summed E-state index contributed by atoms with van der Waals surface area (Å²) < 4.78 is 81.0. The molecule has 26 nitrogen and oxygen atoms in total. The third-order valence-corrected chi connectivity index (χ3v) is 14.0. The molecule has 7 heterocycles. The lowest BCUT2D eigenvalue weighted by atomic mass is 10.2. The van der Waals surface area contributed by atoms with Crippen molar-refractivity contribution < 1.29 is 84.6 Å². The second-order valence-corrected chi connectivity index (χ2v) is 20.3. The number of cyclic esters (lactones) is 2. The van der Waals surface area contributed by atoms with Gasteiger partial charge >= 0.3 is 50.9 Å². The summed E-state index contributed by atoms with van der Waals surface area (Å²) >= 11 is 11.8. The first-order valence-corrected chi connectivity index (χ1v) is 25.3. The molecule has 4 aromatic rings. The largest absolute Gasteiger partial charge is 0.530 e. The first kappa shape index (κ1) is 54.0. The quantitative estimate of drug-likeness (QED) is 0.0884. The molecule has 3 fully saturated rings. The topological polar surface area (TPSA) is 345 Å². The number of H-pyrrole nitrogens is 2. The number of ether oxygens (including phenoxy) is 4. The van der Waals surface area contributed by atoms with Gasteiger partial charge in [-0.3, -0.25) is 66.0 Å². The number of aliphatic hydroxyl groups is 1. The Bertz CT molecular complexity index is 3070. The number of esters is 3. The number of nitrogens with zero attached hydrogens (tertiary/aromatic N) is 2. The lowest BCUT2D eigenvalue weighted by Gasteiger charge is -2.26. The molecule has 0 radical (unpaired) electrons. The number of aliphatic hydroxyl groups excluding tert-OH is 1. The van der Waals surface area contributed by atoms with Crippen LogP contribution in [-0.2, 0) is 78.6 Å². The zero-order valence-electron chi connectivity index (χ0n) is 37.8. The van der Waals surface area contributed by atoms with E-state index in [4.69, 9.17) is 69.7 Å². The number of benzene rings is 2. The predicted molar refractivity (Wildman–Crippen MR) is 243 cm³/mol. The molecule has 0 saturated carbocycles. The Morgan fingerprint density at radius 1 is 0.722 bits per heavy atom. The Morgan fingerprint density at radius 3 is 1.67 bits per heavy atom. The molecule has 2 unspecified atom stereocenters. The minimum Gasteiger partial charge on any atom is -0.481 e. The van der Waals surface area contributed by atoms with Crippen LogP contribution in [0.25, 0.3) is 0 Å². The number of phosphoric acid groups is 2. The smallest absolute Gasteiger partial charge is 0.481 e. The van der Waals surface area contributed by atoms with Crippen molar-refractivity contribution in [3.8, 4) is 11.5 Å². The van der Waals surface area contributed by atoms with Gasteiger partial charge in [-0.05, 0) is 50.2 Å². The van der Waals surface area contributed by atoms with Crippen LogP contribution in [0.4, 0.5) is 0 Å². The number of carboxylic acid groups (broad SMARTS) is 1. The molecular formula is C42H44Cl2N4O22P2. The van der Waals surface area contributed by atoms with Crippen LogP contribution in [0.3, 0.4) is 0 Å². The van der Waals surface area contributed by atoms with Gasteiger partial charge in [0.05, 0.1) is 58.2 Å². The summed E-state index contributed by atoms with van der Waals surface area (Å²) in [6, 6.07) is 9.47. The van der Waals surface area contributed by atoms with Crippen LogP contribution < -0.4 is 31.5 Å². The van der Waals surface area contributed by atoms with Crippen molar-refractivity contribution in [2.75, 3.05) is 13.2 Å². The minimum atomic E-state index is -4.07. The summed E-state index contributed by atoms with van der Waals surface area (Å²) in [5.41, 5.74) is -0.649. The van der Waals surface area contributed by atoms with E-state index >= 15 is 0 Å². The molecule has 0 spiro atoms. The van der Waals surface area contributed by atoms with E-state index in [1.165, 1.54) is 30.0 Å². The van der Waals surface area contributed by atoms with Crippen LogP contribution in [0, 0.1) is 13.8 Å². The number of rotatable bonds is 12. The average molecular weight is 1090 g/mol. The van der Waals surface area contributed by atoms with Gasteiger partial charge < -0.3 is 38.2 Å². The zero-order valence-corrected chi connectivity index (χ0v) is 41.1. The number of carboxylic acids is 1. The van der Waals surface area contributed by atoms with Crippen LogP contribution in [0.15, 0.2) is 68.0 Å². The Morgan fingerprint density at radius 2 is 1.19 bits per heavy atom. The minimum absolute atomic E-state index is 0.00404. The lowest BCUT2D eigenvalue weighted by Crippen LogP contribution is -2.33. The molecule has 0 aliphatic carbocycles. The van der Waals surface area contributed by atoms with E-state index in [2.05, 4.69) is 14.7 Å². The molecule has 2 aromatic heterocycles. The number of carbonyl (C=O) groups excluding carboxylic acids is 3. The molecule has 0 bridgehead atoms. The average Bonchev–Trinajstić information content (AvgIpc) is 4.03. The van der Waals surface area contributed by atoms with Gasteiger partial charge in [-0.1, -0.05) is 23.2 Å². The van der Waals surface area contributed by atoms with Crippen molar-refractivity contribution in [1.82, 2.24) is 19.1 Å². The molecule has 3 saturated heterocycles. The number of aryl methyl sites for hydroxylation is 2. The molecule has 2 aromatic carbocycles. The van der Waals surface area contributed by atoms with Crippen molar-refractivity contribution in [1.29, 1.82) is 0 Å². The molecule has 5 aliphatic rings. The van der Waals surface area contributed by atoms with Crippen LogP contribution in [0.5, 0.6) is 11.5 Å². The Hall–Kier alpha value is -5.76. The number of nitrogens with one attached hydrogen (secondary N) is 2. The number of fused-ring (bicyclic) bond motifs is 2. The number of hydrogen-bond acceptors (Lipinski definition) is 21. The highest BCUT2D eigenvalue weighted by Crippen LogP contribution is 2.56. The van der Waals surface area contributed by atoms with Gasteiger partial charge in [0.1, 0.15) is 42.3 Å². The molecule has 5 aliphatic heterocycles. The van der Waals surface area contributed by atoms with E-state index in [0.717, 1.165) is 4.57 Å². The number of halogens is 2. The second kappa shape index (κ2) is 23.0. The van der Waals surface area contributed by atoms with Crippen molar-refractivity contribution >= 4 is 62.7 Å². The monoisotopic (exact) mass is 1090 g/mol. The SMILES string of the molecule is Cc1cn([C@H]2C[C@@H](O)[C@@H](COP3(=O)OCc4cc(Cl)ccc4O3)O2)c(=O)[nH]c1=O.Cc1cn([C@H]2C[C@@H](OC(=O)CCC(=O)O)[C@@H](COP3(=O)OCc4cc(Cl)ccc4O3)O2)c(=O)[nH]c1=O.O=C1CCC(=O)O1. The first-order chi connectivity index (χ1) is 34.1. The van der Waals surface area contributed by atoms with Crippen LogP contribution in [-0.4, -0.2) is 90.8 Å². The number of phosphoric ester groups is 2. The molecule has 8 atom stereocenters. The molecule has 72 heavy (non-hydrogen) atoms. The van der Waals surface area contributed by atoms with E-state index in [1.807, 2.05) is 0 Å².